The van der Waals surface area contributed by atoms with Gasteiger partial charge in [-0.25, -0.2) is 4.79 Å². The number of piperidine rings is 2. The highest BCUT2D eigenvalue weighted by Crippen LogP contribution is 2.48. The molecule has 3 unspecified atom stereocenters. The minimum atomic E-state index is -0.262. The van der Waals surface area contributed by atoms with Gasteiger partial charge in [-0.3, -0.25) is 14.5 Å². The van der Waals surface area contributed by atoms with Crippen molar-refractivity contribution in [2.75, 3.05) is 39.4 Å². The molecule has 9 heteroatoms. The third-order valence-corrected chi connectivity index (χ3v) is 10.6. The first-order valence-corrected chi connectivity index (χ1v) is 16.4. The Kier molecular flexibility index (Phi) is 8.78. The largest absolute Gasteiger partial charge is 0.381 e. The smallest absolute Gasteiger partial charge is 0.320 e. The van der Waals surface area contributed by atoms with Gasteiger partial charge in [0, 0.05) is 69.9 Å². The molecule has 0 radical (unpaired) electrons. The van der Waals surface area contributed by atoms with Gasteiger partial charge in [0.2, 0.25) is 11.8 Å². The Morgan fingerprint density at radius 1 is 1.05 bits per heavy atom. The molecule has 5 fully saturated rings. The van der Waals surface area contributed by atoms with E-state index in [4.69, 9.17) is 4.74 Å². The zero-order chi connectivity index (χ0) is 29.3. The number of ether oxygens (including phenoxy) is 1. The van der Waals surface area contributed by atoms with E-state index in [1.807, 2.05) is 18.2 Å². The molecule has 5 aliphatic rings. The van der Waals surface area contributed by atoms with E-state index in [9.17, 15) is 14.4 Å². The van der Waals surface area contributed by atoms with E-state index < -0.39 is 0 Å². The topological polar surface area (TPSA) is 94.2 Å². The van der Waals surface area contributed by atoms with Gasteiger partial charge < -0.3 is 25.2 Å². The molecule has 0 saturated carbocycles. The number of nitrogens with zero attached hydrogens (tertiary/aromatic N) is 3. The van der Waals surface area contributed by atoms with Crippen molar-refractivity contribution in [1.82, 2.24) is 25.3 Å². The molecule has 5 aliphatic heterocycles. The first kappa shape index (κ1) is 29.4. The lowest BCUT2D eigenvalue weighted by Crippen LogP contribution is -2.60. The standard InChI is InChI=1S/C33H49N5O4/c1-23(2)38-32(41)36(21-24-12-16-42-17-13-24)22-33(38)19-27-8-9-28(20-33)37(27)15-11-29(25-6-4-3-5-7-25)35-31(40)26-10-14-34-30(39)18-26/h3-7,23-24,26-29H,8-22H2,1-2H3,(H,34,39)(H,35,40)/t26?,27?,28?,29-,33?/m0/s1. The summed E-state index contributed by atoms with van der Waals surface area (Å²) in [6.07, 6.45) is 8.27. The van der Waals surface area contributed by atoms with Crippen LogP contribution in [0.4, 0.5) is 4.79 Å². The summed E-state index contributed by atoms with van der Waals surface area (Å²) in [5.74, 6) is 0.225. The van der Waals surface area contributed by atoms with Crippen molar-refractivity contribution in [3.63, 3.8) is 0 Å². The first-order chi connectivity index (χ1) is 20.3. The predicted molar refractivity (Wildman–Crippen MR) is 161 cm³/mol. The monoisotopic (exact) mass is 579 g/mol. The number of carbonyl (C=O) groups excluding carboxylic acids is 3. The van der Waals surface area contributed by atoms with Crippen LogP contribution >= 0.6 is 0 Å². The number of hydrogen-bond acceptors (Lipinski definition) is 5. The maximum Gasteiger partial charge on any atom is 0.320 e. The van der Waals surface area contributed by atoms with Gasteiger partial charge in [0.15, 0.2) is 0 Å². The summed E-state index contributed by atoms with van der Waals surface area (Å²) in [6.45, 7) is 9.15. The maximum absolute atomic E-state index is 13.8. The molecule has 5 saturated heterocycles. The van der Waals surface area contributed by atoms with Crippen molar-refractivity contribution < 1.29 is 19.1 Å². The Labute approximate surface area is 250 Å². The van der Waals surface area contributed by atoms with E-state index >= 15 is 0 Å². The second-order valence-electron chi connectivity index (χ2n) is 13.7. The molecule has 4 amide bonds. The molecule has 1 aromatic rings. The van der Waals surface area contributed by atoms with Gasteiger partial charge >= 0.3 is 6.03 Å². The molecule has 6 rings (SSSR count). The molecule has 4 atom stereocenters. The maximum atomic E-state index is 13.8. The number of fused-ring (bicyclic) bond motifs is 2. The Morgan fingerprint density at radius 3 is 2.43 bits per heavy atom. The molecule has 5 heterocycles. The zero-order valence-electron chi connectivity index (χ0n) is 25.4. The lowest BCUT2D eigenvalue weighted by molar-refractivity contribution is -0.132. The molecule has 1 aromatic carbocycles. The number of amides is 4. The van der Waals surface area contributed by atoms with E-state index in [0.29, 0.717) is 31.0 Å². The number of hydrogen-bond donors (Lipinski definition) is 2. The number of urea groups is 1. The third kappa shape index (κ3) is 6.05. The van der Waals surface area contributed by atoms with Gasteiger partial charge in [-0.1, -0.05) is 30.3 Å². The third-order valence-electron chi connectivity index (χ3n) is 10.6. The Bertz CT molecular complexity index is 1110. The second kappa shape index (κ2) is 12.5. The van der Waals surface area contributed by atoms with Crippen LogP contribution in [0.5, 0.6) is 0 Å². The van der Waals surface area contributed by atoms with Crippen molar-refractivity contribution in [2.24, 2.45) is 11.8 Å². The van der Waals surface area contributed by atoms with E-state index in [1.54, 1.807) is 0 Å². The van der Waals surface area contributed by atoms with E-state index in [-0.39, 0.29) is 47.8 Å². The highest BCUT2D eigenvalue weighted by Gasteiger charge is 2.57. The molecule has 230 valence electrons. The fourth-order valence-corrected chi connectivity index (χ4v) is 8.69. The summed E-state index contributed by atoms with van der Waals surface area (Å²) in [5.41, 5.74) is 1.02. The summed E-state index contributed by atoms with van der Waals surface area (Å²) in [5, 5.41) is 6.15. The summed E-state index contributed by atoms with van der Waals surface area (Å²) >= 11 is 0. The van der Waals surface area contributed by atoms with Crippen molar-refractivity contribution in [2.45, 2.75) is 101 Å². The SMILES string of the molecule is CC(C)N1C(=O)N(CC2CCOCC2)CC12CC1CCC(C2)N1CC[C@H](NC(=O)C1CCNC(=O)C1)c1ccccc1. The predicted octanol–water partition coefficient (Wildman–Crippen LogP) is 3.70. The second-order valence-corrected chi connectivity index (χ2v) is 13.7. The number of benzene rings is 1. The van der Waals surface area contributed by atoms with Crippen LogP contribution in [0.15, 0.2) is 30.3 Å². The van der Waals surface area contributed by atoms with Crippen LogP contribution in [0.3, 0.4) is 0 Å². The minimum Gasteiger partial charge on any atom is -0.381 e. The van der Waals surface area contributed by atoms with Crippen LogP contribution in [0.1, 0.15) is 83.2 Å². The molecule has 0 aliphatic carbocycles. The molecule has 0 aromatic heterocycles. The number of rotatable bonds is 9. The van der Waals surface area contributed by atoms with Crippen molar-refractivity contribution in [3.05, 3.63) is 35.9 Å². The minimum absolute atomic E-state index is 0.0130. The zero-order valence-corrected chi connectivity index (χ0v) is 25.4. The molecule has 9 nitrogen and oxygen atoms in total. The van der Waals surface area contributed by atoms with Crippen LogP contribution < -0.4 is 10.6 Å². The van der Waals surface area contributed by atoms with Gasteiger partial charge in [-0.05, 0) is 76.7 Å². The van der Waals surface area contributed by atoms with Crippen LogP contribution in [0, 0.1) is 11.8 Å². The quantitative estimate of drug-likeness (QED) is 0.466. The lowest BCUT2D eigenvalue weighted by Gasteiger charge is -2.49. The average Bonchev–Trinajstić information content (AvgIpc) is 3.39. The summed E-state index contributed by atoms with van der Waals surface area (Å²) in [6, 6.07) is 11.5. The van der Waals surface area contributed by atoms with E-state index in [1.165, 1.54) is 12.8 Å². The van der Waals surface area contributed by atoms with Crippen LogP contribution in [-0.4, -0.2) is 95.6 Å². The Hall–Kier alpha value is -2.65. The number of nitrogens with one attached hydrogen (secondary N) is 2. The fourth-order valence-electron chi connectivity index (χ4n) is 8.69. The van der Waals surface area contributed by atoms with Crippen molar-refractivity contribution >= 4 is 17.8 Å². The molecule has 2 N–H and O–H groups in total. The van der Waals surface area contributed by atoms with E-state index in [0.717, 1.165) is 70.5 Å². The van der Waals surface area contributed by atoms with E-state index in [2.05, 4.69) is 51.3 Å². The Balaban J connectivity index is 1.13. The summed E-state index contributed by atoms with van der Waals surface area (Å²) in [7, 11) is 0. The highest BCUT2D eigenvalue weighted by molar-refractivity contribution is 5.87. The van der Waals surface area contributed by atoms with Crippen LogP contribution in [0.25, 0.3) is 0 Å². The first-order valence-electron chi connectivity index (χ1n) is 16.4. The van der Waals surface area contributed by atoms with Crippen LogP contribution in [0.2, 0.25) is 0 Å². The van der Waals surface area contributed by atoms with Gasteiger partial charge in [-0.2, -0.15) is 0 Å². The Morgan fingerprint density at radius 2 is 1.76 bits per heavy atom. The van der Waals surface area contributed by atoms with Gasteiger partial charge in [0.25, 0.3) is 0 Å². The normalized spacial score (nSPS) is 31.2. The van der Waals surface area contributed by atoms with Crippen molar-refractivity contribution in [3.8, 4) is 0 Å². The van der Waals surface area contributed by atoms with Gasteiger partial charge in [0.05, 0.1) is 11.6 Å². The molecule has 2 bridgehead atoms. The summed E-state index contributed by atoms with van der Waals surface area (Å²) < 4.78 is 5.57. The summed E-state index contributed by atoms with van der Waals surface area (Å²) in [4.78, 5) is 46.0. The average molecular weight is 580 g/mol. The molecular formula is C33H49N5O4. The number of carbonyl (C=O) groups is 3. The van der Waals surface area contributed by atoms with Crippen molar-refractivity contribution in [1.29, 1.82) is 0 Å². The highest BCUT2D eigenvalue weighted by atomic mass is 16.5. The molecule has 1 spiro atoms. The van der Waals surface area contributed by atoms with Crippen LogP contribution in [-0.2, 0) is 14.3 Å². The van der Waals surface area contributed by atoms with Gasteiger partial charge in [-0.15, -0.1) is 0 Å². The van der Waals surface area contributed by atoms with Gasteiger partial charge in [0.1, 0.15) is 0 Å². The molecule has 42 heavy (non-hydrogen) atoms. The lowest BCUT2D eigenvalue weighted by atomic mass is 9.81. The molecular weight excluding hydrogens is 530 g/mol. The fraction of sp³-hybridized carbons (Fsp3) is 0.727.